The van der Waals surface area contributed by atoms with E-state index in [1.165, 1.54) is 4.90 Å². The molecule has 0 bridgehead atoms. The largest absolute Gasteiger partial charge is 0.494 e. The van der Waals surface area contributed by atoms with E-state index in [0.29, 0.717) is 37.5 Å². The van der Waals surface area contributed by atoms with Gasteiger partial charge in [-0.2, -0.15) is 0 Å². The number of nitrogens with one attached hydrogen (secondary N) is 2. The molecule has 2 aromatic rings. The van der Waals surface area contributed by atoms with Crippen molar-refractivity contribution in [2.75, 3.05) is 23.8 Å². The van der Waals surface area contributed by atoms with Gasteiger partial charge in [0.2, 0.25) is 0 Å². The Morgan fingerprint density at radius 2 is 2.00 bits per heavy atom. The van der Waals surface area contributed by atoms with Crippen LogP contribution in [-0.4, -0.2) is 35.3 Å². The van der Waals surface area contributed by atoms with E-state index in [2.05, 4.69) is 10.6 Å². The molecule has 0 saturated carbocycles. The summed E-state index contributed by atoms with van der Waals surface area (Å²) >= 11 is 0. The van der Waals surface area contributed by atoms with Crippen LogP contribution in [0, 0.1) is 6.92 Å². The molecule has 3 rings (SSSR count). The van der Waals surface area contributed by atoms with Gasteiger partial charge in [0.25, 0.3) is 0 Å². The number of carbonyl (C=O) groups excluding carboxylic acids is 1. The molecule has 3 amide bonds. The number of carboxylic acid groups (broad SMARTS) is 1. The number of anilines is 2. The minimum atomic E-state index is -0.910. The molecule has 7 nitrogen and oxygen atoms in total. The lowest BCUT2D eigenvalue weighted by atomic mass is 9.99. The Hall–Kier alpha value is -3.22. The molecule has 1 heterocycles. The average molecular weight is 369 g/mol. The first-order chi connectivity index (χ1) is 13.0. The van der Waals surface area contributed by atoms with E-state index in [9.17, 15) is 9.59 Å². The number of carbonyl (C=O) groups is 2. The van der Waals surface area contributed by atoms with Crippen LogP contribution in [-0.2, 0) is 13.0 Å². The van der Waals surface area contributed by atoms with Crippen LogP contribution in [0.15, 0.2) is 36.4 Å². The zero-order valence-corrected chi connectivity index (χ0v) is 15.4. The summed E-state index contributed by atoms with van der Waals surface area (Å²) in [6.45, 7) is 5.21. The molecule has 0 aliphatic carbocycles. The summed E-state index contributed by atoms with van der Waals surface area (Å²) in [4.78, 5) is 24.8. The van der Waals surface area contributed by atoms with Crippen LogP contribution in [0.5, 0.6) is 5.75 Å². The summed E-state index contributed by atoms with van der Waals surface area (Å²) in [6, 6.07) is 10.7. The minimum absolute atomic E-state index is 0.338. The smallest absolute Gasteiger partial charge is 0.407 e. The van der Waals surface area contributed by atoms with Crippen LogP contribution in [0.3, 0.4) is 0 Å². The minimum Gasteiger partial charge on any atom is -0.494 e. The van der Waals surface area contributed by atoms with Gasteiger partial charge in [-0.25, -0.2) is 9.59 Å². The van der Waals surface area contributed by atoms with Crippen molar-refractivity contribution < 1.29 is 19.4 Å². The molecule has 3 N–H and O–H groups in total. The van der Waals surface area contributed by atoms with Crippen molar-refractivity contribution in [2.24, 2.45) is 0 Å². The van der Waals surface area contributed by atoms with Crippen molar-refractivity contribution in [2.45, 2.75) is 26.8 Å². The Balaban J connectivity index is 1.67. The van der Waals surface area contributed by atoms with Gasteiger partial charge in [0.1, 0.15) is 5.75 Å². The topological polar surface area (TPSA) is 90.9 Å². The number of nitrogens with zero attached hydrogens (tertiary/aromatic N) is 1. The molecule has 0 atom stereocenters. The van der Waals surface area contributed by atoms with Crippen LogP contribution >= 0.6 is 0 Å². The van der Waals surface area contributed by atoms with E-state index in [1.54, 1.807) is 6.07 Å². The Morgan fingerprint density at radius 1 is 1.19 bits per heavy atom. The van der Waals surface area contributed by atoms with Gasteiger partial charge < -0.3 is 25.4 Å². The highest BCUT2D eigenvalue weighted by molar-refractivity contribution is 6.00. The summed E-state index contributed by atoms with van der Waals surface area (Å²) in [5, 5.41) is 14.8. The van der Waals surface area contributed by atoms with Gasteiger partial charge >= 0.3 is 12.1 Å². The van der Waals surface area contributed by atoms with Crippen LogP contribution in [0.1, 0.15) is 23.6 Å². The van der Waals surface area contributed by atoms with Crippen LogP contribution in [0.4, 0.5) is 21.0 Å². The molecule has 27 heavy (non-hydrogen) atoms. The molecule has 142 valence electrons. The van der Waals surface area contributed by atoms with Crippen molar-refractivity contribution >= 4 is 23.5 Å². The maximum absolute atomic E-state index is 12.4. The lowest BCUT2D eigenvalue weighted by molar-refractivity contribution is 0.140. The van der Waals surface area contributed by atoms with Crippen molar-refractivity contribution in [1.29, 1.82) is 0 Å². The number of hydrogen-bond acceptors (Lipinski definition) is 3. The third-order valence-electron chi connectivity index (χ3n) is 4.58. The van der Waals surface area contributed by atoms with Gasteiger partial charge in [-0.15, -0.1) is 0 Å². The quantitative estimate of drug-likeness (QED) is 0.757. The second-order valence-corrected chi connectivity index (χ2v) is 6.38. The number of fused-ring (bicyclic) bond motifs is 1. The first-order valence-electron chi connectivity index (χ1n) is 8.88. The number of amides is 3. The number of urea groups is 1. The highest BCUT2D eigenvalue weighted by atomic mass is 16.5. The van der Waals surface area contributed by atoms with Crippen LogP contribution in [0.2, 0.25) is 0 Å². The second kappa shape index (κ2) is 7.99. The van der Waals surface area contributed by atoms with E-state index in [1.807, 2.05) is 44.2 Å². The van der Waals surface area contributed by atoms with Gasteiger partial charge in [0.05, 0.1) is 6.61 Å². The maximum Gasteiger partial charge on any atom is 0.407 e. The predicted molar refractivity (Wildman–Crippen MR) is 104 cm³/mol. The summed E-state index contributed by atoms with van der Waals surface area (Å²) < 4.78 is 5.55. The first-order valence-corrected chi connectivity index (χ1v) is 8.88. The molecule has 0 spiro atoms. The van der Waals surface area contributed by atoms with Gasteiger partial charge in [-0.05, 0) is 55.7 Å². The summed E-state index contributed by atoms with van der Waals surface area (Å²) in [5.41, 5.74) is 4.26. The molecule has 0 radical (unpaired) electrons. The second-order valence-electron chi connectivity index (χ2n) is 6.38. The summed E-state index contributed by atoms with van der Waals surface area (Å²) in [6.07, 6.45) is -0.277. The predicted octanol–water partition coefficient (Wildman–Crippen LogP) is 4.07. The van der Waals surface area contributed by atoms with Crippen molar-refractivity contribution in [1.82, 2.24) is 4.90 Å². The fourth-order valence-electron chi connectivity index (χ4n) is 3.14. The molecular weight excluding hydrogens is 346 g/mol. The Kier molecular flexibility index (Phi) is 5.49. The molecule has 0 unspecified atom stereocenters. The third kappa shape index (κ3) is 4.31. The highest BCUT2D eigenvalue weighted by Crippen LogP contribution is 2.26. The SMILES string of the molecule is CCOc1cccc(NC(=O)Nc2ccc3c(c2)CCN(C(=O)O)C3)c1C. The third-order valence-corrected chi connectivity index (χ3v) is 4.58. The normalized spacial score (nSPS) is 12.9. The maximum atomic E-state index is 12.4. The van der Waals surface area contributed by atoms with Crippen molar-refractivity contribution in [3.63, 3.8) is 0 Å². The van der Waals surface area contributed by atoms with Gasteiger partial charge in [-0.1, -0.05) is 12.1 Å². The Labute approximate surface area is 157 Å². The van der Waals surface area contributed by atoms with E-state index in [4.69, 9.17) is 9.84 Å². The number of benzene rings is 2. The number of hydrogen-bond donors (Lipinski definition) is 3. The molecule has 0 aromatic heterocycles. The highest BCUT2D eigenvalue weighted by Gasteiger charge is 2.20. The van der Waals surface area contributed by atoms with Crippen LogP contribution < -0.4 is 15.4 Å². The van der Waals surface area contributed by atoms with E-state index in [-0.39, 0.29) is 6.03 Å². The standard InChI is InChI=1S/C20H23N3O4/c1-3-27-18-6-4-5-17(13(18)2)22-19(24)21-16-8-7-15-12-23(20(25)26)10-9-14(15)11-16/h4-8,11H,3,9-10,12H2,1-2H3,(H,25,26)(H2,21,22,24). The molecule has 0 saturated heterocycles. The van der Waals surface area contributed by atoms with Gasteiger partial charge in [0.15, 0.2) is 0 Å². The molecule has 2 aromatic carbocycles. The lowest BCUT2D eigenvalue weighted by Crippen LogP contribution is -2.34. The van der Waals surface area contributed by atoms with Crippen molar-refractivity contribution in [3.8, 4) is 5.75 Å². The van der Waals surface area contributed by atoms with E-state index >= 15 is 0 Å². The fraction of sp³-hybridized carbons (Fsp3) is 0.300. The molecule has 0 fully saturated rings. The average Bonchev–Trinajstić information content (AvgIpc) is 2.64. The Morgan fingerprint density at radius 3 is 2.74 bits per heavy atom. The van der Waals surface area contributed by atoms with Gasteiger partial charge in [-0.3, -0.25) is 0 Å². The molecule has 1 aliphatic heterocycles. The summed E-state index contributed by atoms with van der Waals surface area (Å²) in [7, 11) is 0. The summed E-state index contributed by atoms with van der Waals surface area (Å²) in [5.74, 6) is 0.743. The monoisotopic (exact) mass is 369 g/mol. The fourth-order valence-corrected chi connectivity index (χ4v) is 3.14. The van der Waals surface area contributed by atoms with Crippen molar-refractivity contribution in [3.05, 3.63) is 53.1 Å². The zero-order chi connectivity index (χ0) is 19.4. The first kappa shape index (κ1) is 18.6. The number of ether oxygens (including phenoxy) is 1. The molecule has 1 aliphatic rings. The zero-order valence-electron chi connectivity index (χ0n) is 15.4. The van der Waals surface area contributed by atoms with Gasteiger partial charge in [0, 0.05) is 30.0 Å². The Bertz CT molecular complexity index is 866. The van der Waals surface area contributed by atoms with E-state index in [0.717, 1.165) is 22.4 Å². The van der Waals surface area contributed by atoms with E-state index < -0.39 is 6.09 Å². The molecule has 7 heteroatoms. The molecular formula is C20H23N3O4. The lowest BCUT2D eigenvalue weighted by Gasteiger charge is -2.26. The van der Waals surface area contributed by atoms with Crippen LogP contribution in [0.25, 0.3) is 0 Å². The number of rotatable bonds is 4.